The second-order valence-electron chi connectivity index (χ2n) is 6.50. The summed E-state index contributed by atoms with van der Waals surface area (Å²) in [6, 6.07) is 6.25. The average Bonchev–Trinajstić information content (AvgIpc) is 2.67. The van der Waals surface area contributed by atoms with Crippen LogP contribution in [0.1, 0.15) is 27.7 Å². The summed E-state index contributed by atoms with van der Waals surface area (Å²) in [7, 11) is -3.27. The van der Waals surface area contributed by atoms with Crippen LogP contribution in [-0.4, -0.2) is 45.6 Å². The lowest BCUT2D eigenvalue weighted by Crippen LogP contribution is -2.41. The van der Waals surface area contributed by atoms with Crippen LogP contribution in [0.5, 0.6) is 0 Å². The highest BCUT2D eigenvalue weighted by atomic mass is 32.2. The Balaban J connectivity index is 2.30. The Morgan fingerprint density at radius 3 is 2.26 bits per heavy atom. The molecule has 1 fully saturated rings. The third kappa shape index (κ3) is 3.59. The maximum Gasteiger partial charge on any atom is 0.494 e. The topological polar surface area (TPSA) is 78.9 Å². The molecule has 0 unspecified atom stereocenters. The maximum absolute atomic E-state index is 12.2. The van der Waals surface area contributed by atoms with E-state index in [0.717, 1.165) is 7.11 Å². The minimum absolute atomic E-state index is 0.0371. The Morgan fingerprint density at radius 2 is 1.74 bits per heavy atom. The van der Waals surface area contributed by atoms with Gasteiger partial charge in [-0.1, -0.05) is 12.1 Å². The Bertz CT molecular complexity index is 694. The molecule has 0 atom stereocenters. The van der Waals surface area contributed by atoms with Crippen LogP contribution in [0.2, 0.25) is 0 Å². The van der Waals surface area contributed by atoms with Crippen LogP contribution in [0.4, 0.5) is 0 Å². The SMILES string of the molecule is COC(=O)CS(=O)(=O)c1cccc(B2OC(C)(C)C(C)(C)O2)c1. The van der Waals surface area contributed by atoms with Crippen molar-refractivity contribution in [3.63, 3.8) is 0 Å². The van der Waals surface area contributed by atoms with Gasteiger partial charge < -0.3 is 14.0 Å². The number of rotatable bonds is 4. The average molecular weight is 340 g/mol. The number of carbonyl (C=O) groups excluding carboxylic acids is 1. The standard InChI is InChI=1S/C15H21BO6S/c1-14(2)15(3,4)22-16(21-14)11-7-6-8-12(9-11)23(18,19)10-13(17)20-5/h6-9H,10H2,1-5H3. The molecule has 0 radical (unpaired) electrons. The molecule has 0 amide bonds. The van der Waals surface area contributed by atoms with E-state index in [1.165, 1.54) is 12.1 Å². The van der Waals surface area contributed by atoms with E-state index in [4.69, 9.17) is 9.31 Å². The van der Waals surface area contributed by atoms with Crippen molar-refractivity contribution < 1.29 is 27.3 Å². The molecule has 2 rings (SSSR count). The van der Waals surface area contributed by atoms with Crippen molar-refractivity contribution in [1.29, 1.82) is 0 Å². The highest BCUT2D eigenvalue weighted by Crippen LogP contribution is 2.36. The first kappa shape index (κ1) is 18.0. The Morgan fingerprint density at radius 1 is 1.17 bits per heavy atom. The number of ether oxygens (including phenoxy) is 1. The summed E-state index contributed by atoms with van der Waals surface area (Å²) in [4.78, 5) is 11.3. The molecular formula is C15H21BO6S. The second-order valence-corrected chi connectivity index (χ2v) is 8.49. The van der Waals surface area contributed by atoms with Gasteiger partial charge in [0.05, 0.1) is 23.2 Å². The number of esters is 1. The van der Waals surface area contributed by atoms with Gasteiger partial charge in [0, 0.05) is 0 Å². The number of hydrogen-bond donors (Lipinski definition) is 0. The summed E-state index contributed by atoms with van der Waals surface area (Å²) in [5.74, 6) is -1.50. The van der Waals surface area contributed by atoms with E-state index in [1.807, 2.05) is 27.7 Å². The number of benzene rings is 1. The Kier molecular flexibility index (Phi) is 4.63. The molecule has 0 N–H and O–H groups in total. The molecular weight excluding hydrogens is 319 g/mol. The van der Waals surface area contributed by atoms with Gasteiger partial charge in [-0.2, -0.15) is 0 Å². The highest BCUT2D eigenvalue weighted by molar-refractivity contribution is 7.92. The molecule has 0 aromatic heterocycles. The van der Waals surface area contributed by atoms with Gasteiger partial charge >= 0.3 is 13.1 Å². The minimum Gasteiger partial charge on any atom is -0.468 e. The van der Waals surface area contributed by atoms with E-state index in [2.05, 4.69) is 4.74 Å². The van der Waals surface area contributed by atoms with E-state index >= 15 is 0 Å². The van der Waals surface area contributed by atoms with E-state index in [-0.39, 0.29) is 4.90 Å². The summed E-state index contributed by atoms with van der Waals surface area (Å²) in [6.45, 7) is 7.69. The van der Waals surface area contributed by atoms with Crippen LogP contribution < -0.4 is 5.46 Å². The molecule has 126 valence electrons. The smallest absolute Gasteiger partial charge is 0.468 e. The summed E-state index contributed by atoms with van der Waals surface area (Å²) in [5, 5.41) is 0. The zero-order valence-corrected chi connectivity index (χ0v) is 14.8. The molecule has 1 aromatic carbocycles. The van der Waals surface area contributed by atoms with Gasteiger partial charge in [0.15, 0.2) is 15.6 Å². The van der Waals surface area contributed by atoms with Gasteiger partial charge in [-0.25, -0.2) is 8.42 Å². The predicted molar refractivity (Wildman–Crippen MR) is 86.2 cm³/mol. The van der Waals surface area contributed by atoms with Crippen molar-refractivity contribution in [2.24, 2.45) is 0 Å². The molecule has 1 aromatic rings. The van der Waals surface area contributed by atoms with E-state index in [1.54, 1.807) is 12.1 Å². The van der Waals surface area contributed by atoms with Gasteiger partial charge in [-0.15, -0.1) is 0 Å². The normalized spacial score (nSPS) is 19.6. The lowest BCUT2D eigenvalue weighted by atomic mass is 9.79. The molecule has 1 heterocycles. The lowest BCUT2D eigenvalue weighted by molar-refractivity contribution is -0.137. The van der Waals surface area contributed by atoms with Crippen molar-refractivity contribution in [2.75, 3.05) is 12.9 Å². The van der Waals surface area contributed by atoms with Crippen LogP contribution in [0.25, 0.3) is 0 Å². The van der Waals surface area contributed by atoms with Crippen molar-refractivity contribution >= 4 is 28.4 Å². The van der Waals surface area contributed by atoms with Gasteiger partial charge in [0.1, 0.15) is 0 Å². The molecule has 6 nitrogen and oxygen atoms in total. The molecule has 0 bridgehead atoms. The molecule has 1 aliphatic heterocycles. The fourth-order valence-electron chi connectivity index (χ4n) is 2.13. The third-order valence-corrected chi connectivity index (χ3v) is 5.87. The summed E-state index contributed by atoms with van der Waals surface area (Å²) in [6.07, 6.45) is 0. The van der Waals surface area contributed by atoms with Crippen LogP contribution >= 0.6 is 0 Å². The van der Waals surface area contributed by atoms with E-state index in [9.17, 15) is 13.2 Å². The molecule has 1 saturated heterocycles. The van der Waals surface area contributed by atoms with Crippen LogP contribution in [-0.2, 0) is 28.7 Å². The summed E-state index contributed by atoms with van der Waals surface area (Å²) < 4.78 is 40.7. The zero-order chi connectivity index (χ0) is 17.5. The maximum atomic E-state index is 12.2. The Labute approximate surface area is 137 Å². The van der Waals surface area contributed by atoms with Crippen molar-refractivity contribution in [3.8, 4) is 0 Å². The molecule has 0 aliphatic carbocycles. The molecule has 8 heteroatoms. The summed E-state index contributed by atoms with van der Waals surface area (Å²) >= 11 is 0. The number of sulfone groups is 1. The van der Waals surface area contributed by atoms with Crippen molar-refractivity contribution in [1.82, 2.24) is 0 Å². The van der Waals surface area contributed by atoms with Crippen LogP contribution in [0, 0.1) is 0 Å². The molecule has 1 aliphatic rings. The molecule has 23 heavy (non-hydrogen) atoms. The monoisotopic (exact) mass is 340 g/mol. The minimum atomic E-state index is -3.77. The van der Waals surface area contributed by atoms with E-state index < -0.39 is 39.9 Å². The predicted octanol–water partition coefficient (Wildman–Crippen LogP) is 0.932. The van der Waals surface area contributed by atoms with Gasteiger partial charge in [-0.05, 0) is 45.3 Å². The Hall–Kier alpha value is -1.38. The summed E-state index contributed by atoms with van der Waals surface area (Å²) in [5.41, 5.74) is -0.438. The van der Waals surface area contributed by atoms with Gasteiger partial charge in [0.2, 0.25) is 0 Å². The lowest BCUT2D eigenvalue weighted by Gasteiger charge is -2.32. The van der Waals surface area contributed by atoms with Gasteiger partial charge in [0.25, 0.3) is 0 Å². The molecule has 0 saturated carbocycles. The quantitative estimate of drug-likeness (QED) is 0.599. The van der Waals surface area contributed by atoms with Crippen molar-refractivity contribution in [2.45, 2.75) is 43.8 Å². The second kappa shape index (κ2) is 5.92. The van der Waals surface area contributed by atoms with Crippen LogP contribution in [0.3, 0.4) is 0 Å². The molecule has 0 spiro atoms. The van der Waals surface area contributed by atoms with E-state index in [0.29, 0.717) is 5.46 Å². The van der Waals surface area contributed by atoms with Gasteiger partial charge in [-0.3, -0.25) is 4.79 Å². The van der Waals surface area contributed by atoms with Crippen molar-refractivity contribution in [3.05, 3.63) is 24.3 Å². The van der Waals surface area contributed by atoms with Crippen LogP contribution in [0.15, 0.2) is 29.2 Å². The fraction of sp³-hybridized carbons (Fsp3) is 0.533. The third-order valence-electron chi connectivity index (χ3n) is 4.28. The first-order valence-electron chi connectivity index (χ1n) is 7.24. The fourth-order valence-corrected chi connectivity index (χ4v) is 3.33. The zero-order valence-electron chi connectivity index (χ0n) is 14.0. The number of carbonyl (C=O) groups is 1. The number of methoxy groups -OCH3 is 1. The largest absolute Gasteiger partial charge is 0.494 e. The highest BCUT2D eigenvalue weighted by Gasteiger charge is 2.51. The first-order valence-corrected chi connectivity index (χ1v) is 8.89. The number of hydrogen-bond acceptors (Lipinski definition) is 6. The first-order chi connectivity index (χ1) is 10.5.